The smallest absolute Gasteiger partial charge is 0.269 e. The van der Waals surface area contributed by atoms with Crippen molar-refractivity contribution in [2.45, 2.75) is 5.75 Å². The predicted octanol–water partition coefficient (Wildman–Crippen LogP) is 3.40. The van der Waals surface area contributed by atoms with E-state index in [4.69, 9.17) is 25.4 Å². The standard InChI is InChI=1S/C11H12N3O5PS2/c1-17-20(21,18-2)22-7-10-12-11(13-19-10)8-3-5-9(6-4-8)14(15)16/h3-6H,7H2,1-2H3. The van der Waals surface area contributed by atoms with E-state index in [0.717, 1.165) is 0 Å². The van der Waals surface area contributed by atoms with E-state index in [1.54, 1.807) is 12.1 Å². The molecule has 0 atom stereocenters. The van der Waals surface area contributed by atoms with Gasteiger partial charge in [-0.3, -0.25) is 10.1 Å². The molecule has 2 aromatic rings. The van der Waals surface area contributed by atoms with Crippen molar-refractivity contribution in [1.82, 2.24) is 10.1 Å². The van der Waals surface area contributed by atoms with E-state index in [0.29, 0.717) is 23.0 Å². The Morgan fingerprint density at radius 1 is 1.36 bits per heavy atom. The Kier molecular flexibility index (Phi) is 5.65. The van der Waals surface area contributed by atoms with Crippen molar-refractivity contribution in [1.29, 1.82) is 0 Å². The lowest BCUT2D eigenvalue weighted by Gasteiger charge is -2.14. The molecule has 0 aliphatic carbocycles. The maximum atomic E-state index is 10.6. The van der Waals surface area contributed by atoms with Crippen molar-refractivity contribution < 1.29 is 18.5 Å². The van der Waals surface area contributed by atoms with Gasteiger partial charge in [0.05, 0.1) is 10.7 Å². The monoisotopic (exact) mass is 361 g/mol. The lowest BCUT2D eigenvalue weighted by Crippen LogP contribution is -1.88. The van der Waals surface area contributed by atoms with Crippen LogP contribution in [0.4, 0.5) is 5.69 Å². The lowest BCUT2D eigenvalue weighted by molar-refractivity contribution is -0.384. The third-order valence-corrected chi connectivity index (χ3v) is 8.26. The highest BCUT2D eigenvalue weighted by atomic mass is 32.9. The number of non-ortho nitro benzene ring substituents is 1. The van der Waals surface area contributed by atoms with Crippen LogP contribution in [0.5, 0.6) is 0 Å². The van der Waals surface area contributed by atoms with E-state index in [1.807, 2.05) is 0 Å². The molecular weight excluding hydrogens is 349 g/mol. The Balaban J connectivity index is 2.08. The summed E-state index contributed by atoms with van der Waals surface area (Å²) in [4.78, 5) is 14.4. The maximum Gasteiger partial charge on any atom is 0.269 e. The van der Waals surface area contributed by atoms with Crippen molar-refractivity contribution in [3.8, 4) is 11.4 Å². The van der Waals surface area contributed by atoms with Gasteiger partial charge in [-0.2, -0.15) is 4.98 Å². The average molecular weight is 361 g/mol. The summed E-state index contributed by atoms with van der Waals surface area (Å²) in [6.07, 6.45) is 0. The fraction of sp³-hybridized carbons (Fsp3) is 0.273. The van der Waals surface area contributed by atoms with Gasteiger partial charge < -0.3 is 13.6 Å². The Morgan fingerprint density at radius 3 is 2.55 bits per heavy atom. The van der Waals surface area contributed by atoms with Crippen LogP contribution in [0.2, 0.25) is 0 Å². The topological polar surface area (TPSA) is 101 Å². The molecule has 0 saturated heterocycles. The van der Waals surface area contributed by atoms with Crippen LogP contribution in [-0.2, 0) is 26.6 Å². The number of hydrogen-bond acceptors (Lipinski definition) is 9. The first-order valence-electron chi connectivity index (χ1n) is 5.91. The largest absolute Gasteiger partial charge is 0.338 e. The van der Waals surface area contributed by atoms with Gasteiger partial charge in [0.25, 0.3) is 5.69 Å². The van der Waals surface area contributed by atoms with Crippen LogP contribution in [0, 0.1) is 10.1 Å². The summed E-state index contributed by atoms with van der Waals surface area (Å²) >= 11 is 6.51. The molecule has 0 aliphatic heterocycles. The third kappa shape index (κ3) is 4.11. The third-order valence-electron chi connectivity index (χ3n) is 2.60. The molecule has 0 aliphatic rings. The number of benzene rings is 1. The summed E-state index contributed by atoms with van der Waals surface area (Å²) in [5.74, 6) is 1.09. The predicted molar refractivity (Wildman–Crippen MR) is 86.0 cm³/mol. The Morgan fingerprint density at radius 2 is 2.00 bits per heavy atom. The minimum atomic E-state index is -2.38. The first-order chi connectivity index (χ1) is 10.5. The second kappa shape index (κ2) is 7.30. The second-order valence-corrected chi connectivity index (χ2v) is 10.4. The SMILES string of the molecule is COP(=S)(OC)SCc1nc(-c2ccc([N+](=O)[O-])cc2)no1. The number of hydrogen-bond donors (Lipinski definition) is 0. The summed E-state index contributed by atoms with van der Waals surface area (Å²) in [7, 11) is 2.99. The summed E-state index contributed by atoms with van der Waals surface area (Å²) < 4.78 is 15.4. The van der Waals surface area contributed by atoms with E-state index >= 15 is 0 Å². The average Bonchev–Trinajstić information content (AvgIpc) is 3.02. The molecular formula is C11H12N3O5PS2. The van der Waals surface area contributed by atoms with Gasteiger partial charge in [0.1, 0.15) is 0 Å². The van der Waals surface area contributed by atoms with E-state index in [-0.39, 0.29) is 5.69 Å². The molecule has 22 heavy (non-hydrogen) atoms. The van der Waals surface area contributed by atoms with Crippen LogP contribution in [0.25, 0.3) is 11.4 Å². The molecule has 0 N–H and O–H groups in total. The summed E-state index contributed by atoms with van der Waals surface area (Å²) in [5.41, 5.74) is -1.75. The Bertz CT molecular complexity index is 698. The first-order valence-corrected chi connectivity index (χ1v) is 10.1. The zero-order valence-corrected chi connectivity index (χ0v) is 14.2. The van der Waals surface area contributed by atoms with E-state index in [1.165, 1.54) is 37.7 Å². The summed E-state index contributed by atoms with van der Waals surface area (Å²) in [6, 6.07) is 5.90. The molecule has 11 heteroatoms. The van der Waals surface area contributed by atoms with Crippen molar-refractivity contribution >= 4 is 34.6 Å². The Labute approximate surface area is 135 Å². The van der Waals surface area contributed by atoms with Gasteiger partial charge in [-0.15, -0.1) is 0 Å². The van der Waals surface area contributed by atoms with Gasteiger partial charge in [-0.05, 0) is 23.9 Å². The van der Waals surface area contributed by atoms with E-state index in [2.05, 4.69) is 10.1 Å². The highest BCUT2D eigenvalue weighted by molar-refractivity contribution is 8.67. The Hall–Kier alpha value is -1.32. The molecule has 0 fully saturated rings. The number of rotatable bonds is 7. The van der Waals surface area contributed by atoms with Crippen molar-refractivity contribution in [2.75, 3.05) is 14.2 Å². The summed E-state index contributed by atoms with van der Waals surface area (Å²) in [5, 5.41) is 14.5. The van der Waals surface area contributed by atoms with Gasteiger partial charge in [-0.1, -0.05) is 16.5 Å². The van der Waals surface area contributed by atoms with Crippen LogP contribution in [0.1, 0.15) is 5.89 Å². The van der Waals surface area contributed by atoms with Crippen LogP contribution < -0.4 is 0 Å². The van der Waals surface area contributed by atoms with Crippen molar-refractivity contribution in [3.63, 3.8) is 0 Å². The zero-order chi connectivity index (χ0) is 16.2. The minimum absolute atomic E-state index is 0.00361. The molecule has 0 spiro atoms. The molecule has 1 aromatic heterocycles. The molecule has 118 valence electrons. The lowest BCUT2D eigenvalue weighted by atomic mass is 10.2. The molecule has 1 heterocycles. The fourth-order valence-electron chi connectivity index (χ4n) is 1.48. The number of aromatic nitrogens is 2. The van der Waals surface area contributed by atoms with Crippen LogP contribution in [0.3, 0.4) is 0 Å². The van der Waals surface area contributed by atoms with Gasteiger partial charge in [0.2, 0.25) is 17.4 Å². The van der Waals surface area contributed by atoms with E-state index in [9.17, 15) is 10.1 Å². The normalized spacial score (nSPS) is 11.5. The molecule has 0 saturated carbocycles. The molecule has 2 rings (SSSR count). The van der Waals surface area contributed by atoms with Crippen LogP contribution in [0.15, 0.2) is 28.8 Å². The number of nitro benzene ring substituents is 1. The quantitative estimate of drug-likeness (QED) is 0.417. The molecule has 0 bridgehead atoms. The minimum Gasteiger partial charge on any atom is -0.338 e. The second-order valence-electron chi connectivity index (χ2n) is 3.90. The highest BCUT2D eigenvalue weighted by Crippen LogP contribution is 2.60. The van der Waals surface area contributed by atoms with Gasteiger partial charge >= 0.3 is 0 Å². The highest BCUT2D eigenvalue weighted by Gasteiger charge is 2.19. The molecule has 8 nitrogen and oxygen atoms in total. The molecule has 0 amide bonds. The van der Waals surface area contributed by atoms with E-state index < -0.39 is 10.6 Å². The number of nitro groups is 1. The van der Waals surface area contributed by atoms with Gasteiger partial charge in [0.15, 0.2) is 0 Å². The molecule has 0 unspecified atom stereocenters. The fourth-order valence-corrected chi connectivity index (χ4v) is 4.14. The first kappa shape index (κ1) is 17.0. The van der Waals surface area contributed by atoms with Gasteiger partial charge in [0, 0.05) is 31.9 Å². The molecule has 1 aromatic carbocycles. The maximum absolute atomic E-state index is 10.6. The van der Waals surface area contributed by atoms with Crippen LogP contribution >= 0.6 is 17.1 Å². The number of nitrogens with zero attached hydrogens (tertiary/aromatic N) is 3. The van der Waals surface area contributed by atoms with Crippen molar-refractivity contribution in [3.05, 3.63) is 40.3 Å². The van der Waals surface area contributed by atoms with Gasteiger partial charge in [-0.25, -0.2) is 0 Å². The van der Waals surface area contributed by atoms with Crippen molar-refractivity contribution in [2.24, 2.45) is 0 Å². The van der Waals surface area contributed by atoms with Crippen LogP contribution in [-0.4, -0.2) is 29.3 Å². The zero-order valence-electron chi connectivity index (χ0n) is 11.7. The molecule has 0 radical (unpaired) electrons. The summed E-state index contributed by atoms with van der Waals surface area (Å²) in [6.45, 7) is 0.